The third-order valence-electron chi connectivity index (χ3n) is 7.65. The standard InChI is InChI=1S/C36H27FN6/c1-25-39-35(41-40-25)30-22-31-33(20-19-26-12-11-21-38-24-26)42-43(34(31)23-32(30)37)36(27-13-5-2-6-14-27,28-15-7-3-8-16-28)29-17-9-4-10-18-29/h2-24H,1H3,(H,39,40,41)/b20-19+. The fourth-order valence-electron chi connectivity index (χ4n) is 5.73. The third kappa shape index (κ3) is 4.61. The van der Waals surface area contributed by atoms with Gasteiger partial charge in [0.1, 0.15) is 17.2 Å². The Balaban J connectivity index is 1.59. The Bertz CT molecular complexity index is 1940. The Labute approximate surface area is 248 Å². The van der Waals surface area contributed by atoms with E-state index in [9.17, 15) is 0 Å². The van der Waals surface area contributed by atoms with E-state index in [2.05, 4.69) is 56.6 Å². The van der Waals surface area contributed by atoms with Gasteiger partial charge in [0.05, 0.1) is 16.8 Å². The Kier molecular flexibility index (Phi) is 6.68. The van der Waals surface area contributed by atoms with Crippen LogP contribution in [-0.2, 0) is 5.54 Å². The van der Waals surface area contributed by atoms with Gasteiger partial charge in [-0.3, -0.25) is 10.1 Å². The van der Waals surface area contributed by atoms with E-state index in [1.807, 2.05) is 83.6 Å². The maximum absolute atomic E-state index is 16.1. The van der Waals surface area contributed by atoms with E-state index in [-0.39, 0.29) is 0 Å². The molecule has 0 amide bonds. The van der Waals surface area contributed by atoms with Crippen LogP contribution in [0.15, 0.2) is 128 Å². The van der Waals surface area contributed by atoms with Crippen LogP contribution in [0.4, 0.5) is 4.39 Å². The second kappa shape index (κ2) is 10.9. The fraction of sp³-hybridized carbons (Fsp3) is 0.0556. The van der Waals surface area contributed by atoms with E-state index in [0.717, 1.165) is 27.6 Å². The first kappa shape index (κ1) is 26.2. The van der Waals surface area contributed by atoms with Crippen molar-refractivity contribution in [3.63, 3.8) is 0 Å². The number of H-pyrrole nitrogens is 1. The van der Waals surface area contributed by atoms with E-state index >= 15 is 4.39 Å². The normalized spacial score (nSPS) is 11.9. The average molecular weight is 563 g/mol. The number of nitrogens with one attached hydrogen (secondary N) is 1. The summed E-state index contributed by atoms with van der Waals surface area (Å²) >= 11 is 0. The predicted molar refractivity (Wildman–Crippen MR) is 168 cm³/mol. The molecule has 0 fully saturated rings. The molecule has 3 heterocycles. The number of halogens is 1. The van der Waals surface area contributed by atoms with Crippen LogP contribution in [0.2, 0.25) is 0 Å². The van der Waals surface area contributed by atoms with E-state index in [1.54, 1.807) is 31.5 Å². The molecule has 0 spiro atoms. The van der Waals surface area contributed by atoms with Gasteiger partial charge in [-0.25, -0.2) is 14.1 Å². The molecule has 3 aromatic heterocycles. The van der Waals surface area contributed by atoms with Crippen molar-refractivity contribution in [2.75, 3.05) is 0 Å². The zero-order valence-corrected chi connectivity index (χ0v) is 23.4. The summed E-state index contributed by atoms with van der Waals surface area (Å²) in [6.07, 6.45) is 7.45. The maximum atomic E-state index is 16.1. The van der Waals surface area contributed by atoms with Crippen LogP contribution >= 0.6 is 0 Å². The van der Waals surface area contributed by atoms with Crippen molar-refractivity contribution in [1.29, 1.82) is 0 Å². The van der Waals surface area contributed by atoms with Gasteiger partial charge in [0.15, 0.2) is 5.82 Å². The molecule has 0 saturated carbocycles. The van der Waals surface area contributed by atoms with Crippen LogP contribution in [0, 0.1) is 12.7 Å². The van der Waals surface area contributed by atoms with Gasteiger partial charge in [0, 0.05) is 23.8 Å². The van der Waals surface area contributed by atoms with Crippen molar-refractivity contribution in [2.24, 2.45) is 0 Å². The molecule has 0 aliphatic carbocycles. The number of rotatable bonds is 7. The van der Waals surface area contributed by atoms with Gasteiger partial charge in [0.25, 0.3) is 0 Å². The van der Waals surface area contributed by atoms with Crippen LogP contribution in [0.25, 0.3) is 34.4 Å². The van der Waals surface area contributed by atoms with Crippen molar-refractivity contribution in [1.82, 2.24) is 29.9 Å². The molecule has 0 saturated heterocycles. The second-order valence-electron chi connectivity index (χ2n) is 10.3. The first-order chi connectivity index (χ1) is 21.1. The van der Waals surface area contributed by atoms with Crippen LogP contribution in [0.1, 0.15) is 33.8 Å². The molecule has 1 N–H and O–H groups in total. The summed E-state index contributed by atoms with van der Waals surface area (Å²) in [6.45, 7) is 1.79. The zero-order valence-electron chi connectivity index (χ0n) is 23.4. The summed E-state index contributed by atoms with van der Waals surface area (Å²) in [7, 11) is 0. The third-order valence-corrected chi connectivity index (χ3v) is 7.65. The fourth-order valence-corrected chi connectivity index (χ4v) is 5.73. The molecule has 0 unspecified atom stereocenters. The highest BCUT2D eigenvalue weighted by molar-refractivity contribution is 5.93. The number of benzene rings is 4. The minimum Gasteiger partial charge on any atom is -0.264 e. The van der Waals surface area contributed by atoms with Gasteiger partial charge in [0.2, 0.25) is 0 Å². The van der Waals surface area contributed by atoms with Gasteiger partial charge in [-0.05, 0) is 47.4 Å². The first-order valence-corrected chi connectivity index (χ1v) is 14.0. The number of pyridine rings is 1. The Morgan fingerprint density at radius 3 is 1.93 bits per heavy atom. The van der Waals surface area contributed by atoms with E-state index in [1.165, 1.54) is 0 Å². The molecule has 0 radical (unpaired) electrons. The lowest BCUT2D eigenvalue weighted by Crippen LogP contribution is -2.38. The lowest BCUT2D eigenvalue weighted by molar-refractivity contribution is 0.474. The van der Waals surface area contributed by atoms with Crippen molar-refractivity contribution in [3.05, 3.63) is 167 Å². The van der Waals surface area contributed by atoms with Crippen molar-refractivity contribution >= 4 is 23.1 Å². The summed E-state index contributed by atoms with van der Waals surface area (Å²) in [4.78, 5) is 8.65. The summed E-state index contributed by atoms with van der Waals surface area (Å²) < 4.78 is 18.0. The molecule has 7 aromatic rings. The quantitative estimate of drug-likeness (QED) is 0.202. The minimum atomic E-state index is -0.919. The van der Waals surface area contributed by atoms with Crippen LogP contribution in [0.5, 0.6) is 0 Å². The first-order valence-electron chi connectivity index (χ1n) is 14.0. The van der Waals surface area contributed by atoms with E-state index < -0.39 is 11.4 Å². The largest absolute Gasteiger partial charge is 0.264 e. The van der Waals surface area contributed by atoms with Gasteiger partial charge in [-0.15, -0.1) is 0 Å². The Hall–Kier alpha value is -5.69. The minimum absolute atomic E-state index is 0.298. The number of fused-ring (bicyclic) bond motifs is 1. The highest BCUT2D eigenvalue weighted by atomic mass is 19.1. The molecular weight excluding hydrogens is 535 g/mol. The second-order valence-corrected chi connectivity index (χ2v) is 10.3. The molecule has 0 atom stereocenters. The summed E-state index contributed by atoms with van der Waals surface area (Å²) in [5.41, 5.74) is 4.61. The number of aromatic nitrogens is 6. The van der Waals surface area contributed by atoms with Crippen molar-refractivity contribution in [2.45, 2.75) is 12.5 Å². The Morgan fingerprint density at radius 1 is 0.767 bits per heavy atom. The lowest BCUT2D eigenvalue weighted by Gasteiger charge is -2.37. The summed E-state index contributed by atoms with van der Waals surface area (Å²) in [5.74, 6) is 0.476. The van der Waals surface area contributed by atoms with Gasteiger partial charge in [-0.1, -0.05) is 103 Å². The number of nitrogens with zero attached hydrogens (tertiary/aromatic N) is 5. The molecule has 6 nitrogen and oxygen atoms in total. The monoisotopic (exact) mass is 562 g/mol. The number of aromatic amines is 1. The highest BCUT2D eigenvalue weighted by Gasteiger charge is 2.41. The average Bonchev–Trinajstić information content (AvgIpc) is 3.65. The molecule has 43 heavy (non-hydrogen) atoms. The number of hydrogen-bond acceptors (Lipinski definition) is 4. The van der Waals surface area contributed by atoms with Crippen LogP contribution < -0.4 is 0 Å². The van der Waals surface area contributed by atoms with E-state index in [4.69, 9.17) is 5.10 Å². The van der Waals surface area contributed by atoms with Gasteiger partial charge < -0.3 is 0 Å². The van der Waals surface area contributed by atoms with Crippen molar-refractivity contribution < 1.29 is 4.39 Å². The van der Waals surface area contributed by atoms with Crippen molar-refractivity contribution in [3.8, 4) is 11.4 Å². The zero-order chi connectivity index (χ0) is 29.2. The lowest BCUT2D eigenvalue weighted by atomic mass is 9.77. The van der Waals surface area contributed by atoms with Crippen LogP contribution in [-0.4, -0.2) is 29.9 Å². The van der Waals surface area contributed by atoms with Gasteiger partial charge >= 0.3 is 0 Å². The summed E-state index contributed by atoms with van der Waals surface area (Å²) in [6, 6.07) is 37.9. The molecule has 7 rings (SSSR count). The molecule has 0 aliphatic rings. The SMILES string of the molecule is Cc1nc(-c2cc3c(/C=C/c4cccnc4)nn(C(c4ccccc4)(c4ccccc4)c4ccccc4)c3cc2F)n[nH]1. The topological polar surface area (TPSA) is 72.3 Å². The predicted octanol–water partition coefficient (Wildman–Crippen LogP) is 7.67. The Morgan fingerprint density at radius 2 is 1.40 bits per heavy atom. The molecular formula is C36H27FN6. The molecule has 208 valence electrons. The maximum Gasteiger partial charge on any atom is 0.184 e. The molecule has 7 heteroatoms. The molecule has 0 aliphatic heterocycles. The van der Waals surface area contributed by atoms with Crippen LogP contribution in [0.3, 0.4) is 0 Å². The number of hydrogen-bond donors (Lipinski definition) is 1. The smallest absolute Gasteiger partial charge is 0.184 e. The molecule has 0 bridgehead atoms. The van der Waals surface area contributed by atoms with E-state index in [0.29, 0.717) is 28.4 Å². The molecule has 4 aromatic carbocycles. The summed E-state index contributed by atoms with van der Waals surface area (Å²) in [5, 5.41) is 13.1. The van der Waals surface area contributed by atoms with Gasteiger partial charge in [-0.2, -0.15) is 10.2 Å². The highest BCUT2D eigenvalue weighted by Crippen LogP contribution is 2.43. The number of aryl methyl sites for hydroxylation is 1.